The van der Waals surface area contributed by atoms with Gasteiger partial charge in [0, 0.05) is 5.39 Å². The molecule has 2 nitrogen and oxygen atoms in total. The van der Waals surface area contributed by atoms with Gasteiger partial charge in [-0.3, -0.25) is 0 Å². The van der Waals surface area contributed by atoms with Gasteiger partial charge in [-0.05, 0) is 23.6 Å². The Labute approximate surface area is 86.0 Å². The van der Waals surface area contributed by atoms with Crippen molar-refractivity contribution < 1.29 is 5.11 Å². The summed E-state index contributed by atoms with van der Waals surface area (Å²) < 4.78 is 0. The topological polar surface area (TPSA) is 44.0 Å². The van der Waals surface area contributed by atoms with Crippen molar-refractivity contribution in [3.05, 3.63) is 40.9 Å². The fraction of sp³-hybridized carbons (Fsp3) is 0. The Hall–Kier alpha value is -1.72. The van der Waals surface area contributed by atoms with Gasteiger partial charge in [0.05, 0.1) is 10.6 Å². The number of rotatable bonds is 0. The smallest absolute Gasteiger partial charge is 0.116 e. The molecule has 0 radical (unpaired) electrons. The summed E-state index contributed by atoms with van der Waals surface area (Å²) in [7, 11) is 0. The van der Waals surface area contributed by atoms with E-state index in [2.05, 4.69) is 0 Å². The number of fused-ring (bicyclic) bond motifs is 1. The molecule has 3 heteroatoms. The average Bonchev–Trinajstić information content (AvgIpc) is 2.17. The molecule has 0 aliphatic rings. The van der Waals surface area contributed by atoms with Crippen molar-refractivity contribution in [1.29, 1.82) is 5.26 Å². The maximum atomic E-state index is 9.29. The van der Waals surface area contributed by atoms with Crippen LogP contribution in [0, 0.1) is 11.3 Å². The molecule has 0 saturated carbocycles. The second-order valence-electron chi connectivity index (χ2n) is 2.94. The lowest BCUT2D eigenvalue weighted by molar-refractivity contribution is 0.476. The summed E-state index contributed by atoms with van der Waals surface area (Å²) in [6, 6.07) is 10.4. The standard InChI is InChI=1S/C11H6ClNO/c12-11-4-2-7-1-3-8(14)5-9(7)10(11)6-13/h1-5,14H. The Morgan fingerprint density at radius 1 is 1.21 bits per heavy atom. The first kappa shape index (κ1) is 8.86. The highest BCUT2D eigenvalue weighted by Gasteiger charge is 2.05. The van der Waals surface area contributed by atoms with Gasteiger partial charge >= 0.3 is 0 Å². The van der Waals surface area contributed by atoms with Crippen LogP contribution < -0.4 is 0 Å². The Kier molecular flexibility index (Phi) is 2.03. The zero-order chi connectivity index (χ0) is 10.1. The van der Waals surface area contributed by atoms with E-state index in [-0.39, 0.29) is 5.75 Å². The van der Waals surface area contributed by atoms with E-state index in [1.807, 2.05) is 12.1 Å². The van der Waals surface area contributed by atoms with E-state index in [1.165, 1.54) is 0 Å². The lowest BCUT2D eigenvalue weighted by Crippen LogP contribution is -1.81. The number of hydrogen-bond acceptors (Lipinski definition) is 2. The van der Waals surface area contributed by atoms with Gasteiger partial charge in [0.2, 0.25) is 0 Å². The SMILES string of the molecule is N#Cc1c(Cl)ccc2ccc(O)cc12. The maximum absolute atomic E-state index is 9.29. The van der Waals surface area contributed by atoms with Crippen molar-refractivity contribution in [1.82, 2.24) is 0 Å². The van der Waals surface area contributed by atoms with Crippen molar-refractivity contribution in [2.75, 3.05) is 0 Å². The molecule has 0 aliphatic heterocycles. The molecular weight excluding hydrogens is 198 g/mol. The molecule has 0 bridgehead atoms. The van der Waals surface area contributed by atoms with E-state index in [4.69, 9.17) is 16.9 Å². The molecule has 1 N–H and O–H groups in total. The van der Waals surface area contributed by atoms with Crippen molar-refractivity contribution in [3.8, 4) is 11.8 Å². The van der Waals surface area contributed by atoms with Gasteiger partial charge in [0.1, 0.15) is 11.8 Å². The second-order valence-corrected chi connectivity index (χ2v) is 3.35. The third-order valence-electron chi connectivity index (χ3n) is 2.07. The molecule has 2 aromatic carbocycles. The summed E-state index contributed by atoms with van der Waals surface area (Å²) in [4.78, 5) is 0. The quantitative estimate of drug-likeness (QED) is 0.715. The largest absolute Gasteiger partial charge is 0.508 e. The van der Waals surface area contributed by atoms with Gasteiger partial charge < -0.3 is 5.11 Å². The average molecular weight is 204 g/mol. The fourth-order valence-electron chi connectivity index (χ4n) is 1.39. The van der Waals surface area contributed by atoms with Crippen LogP contribution in [-0.2, 0) is 0 Å². The molecular formula is C11H6ClNO. The molecule has 2 rings (SSSR count). The van der Waals surface area contributed by atoms with Crippen LogP contribution in [0.4, 0.5) is 0 Å². The number of aromatic hydroxyl groups is 1. The number of phenolic OH excluding ortho intramolecular Hbond substituents is 1. The van der Waals surface area contributed by atoms with Crippen molar-refractivity contribution in [2.45, 2.75) is 0 Å². The number of nitrogens with zero attached hydrogens (tertiary/aromatic N) is 1. The van der Waals surface area contributed by atoms with E-state index in [0.717, 1.165) is 5.39 Å². The first-order valence-corrected chi connectivity index (χ1v) is 4.41. The number of phenols is 1. The van der Waals surface area contributed by atoms with E-state index >= 15 is 0 Å². The normalized spacial score (nSPS) is 10.0. The first-order chi connectivity index (χ1) is 6.72. The van der Waals surface area contributed by atoms with Crippen LogP contribution in [0.1, 0.15) is 5.56 Å². The van der Waals surface area contributed by atoms with E-state index < -0.39 is 0 Å². The molecule has 0 heterocycles. The van der Waals surface area contributed by atoms with Gasteiger partial charge in [-0.1, -0.05) is 23.7 Å². The summed E-state index contributed by atoms with van der Waals surface area (Å²) >= 11 is 5.85. The molecule has 0 amide bonds. The molecule has 0 saturated heterocycles. The van der Waals surface area contributed by atoms with Crippen LogP contribution in [0.5, 0.6) is 5.75 Å². The monoisotopic (exact) mass is 203 g/mol. The minimum atomic E-state index is 0.135. The summed E-state index contributed by atoms with van der Waals surface area (Å²) in [5.41, 5.74) is 0.403. The molecule has 0 aromatic heterocycles. The first-order valence-electron chi connectivity index (χ1n) is 4.03. The van der Waals surface area contributed by atoms with E-state index in [9.17, 15) is 5.11 Å². The second kappa shape index (κ2) is 3.21. The minimum Gasteiger partial charge on any atom is -0.508 e. The Morgan fingerprint density at radius 3 is 2.64 bits per heavy atom. The molecule has 0 unspecified atom stereocenters. The van der Waals surface area contributed by atoms with Gasteiger partial charge in [0.25, 0.3) is 0 Å². The Morgan fingerprint density at radius 2 is 1.93 bits per heavy atom. The lowest BCUT2D eigenvalue weighted by Gasteiger charge is -2.02. The number of halogens is 1. The lowest BCUT2D eigenvalue weighted by atomic mass is 10.1. The van der Waals surface area contributed by atoms with Crippen LogP contribution in [-0.4, -0.2) is 5.11 Å². The number of benzene rings is 2. The van der Waals surface area contributed by atoms with Crippen LogP contribution >= 0.6 is 11.6 Å². The van der Waals surface area contributed by atoms with Crippen LogP contribution in [0.2, 0.25) is 5.02 Å². The van der Waals surface area contributed by atoms with Crippen LogP contribution in [0.3, 0.4) is 0 Å². The summed E-state index contributed by atoms with van der Waals surface area (Å²) in [5.74, 6) is 0.135. The third-order valence-corrected chi connectivity index (χ3v) is 2.38. The number of nitriles is 1. The minimum absolute atomic E-state index is 0.135. The van der Waals surface area contributed by atoms with Gasteiger partial charge in [-0.25, -0.2) is 0 Å². The van der Waals surface area contributed by atoms with Crippen molar-refractivity contribution >= 4 is 22.4 Å². The zero-order valence-electron chi connectivity index (χ0n) is 7.16. The molecule has 0 spiro atoms. The van der Waals surface area contributed by atoms with E-state index in [0.29, 0.717) is 16.0 Å². The van der Waals surface area contributed by atoms with Crippen molar-refractivity contribution in [2.24, 2.45) is 0 Å². The molecule has 0 fully saturated rings. The van der Waals surface area contributed by atoms with Crippen LogP contribution in [0.15, 0.2) is 30.3 Å². The van der Waals surface area contributed by atoms with Gasteiger partial charge in [-0.2, -0.15) is 5.26 Å². The molecule has 0 aliphatic carbocycles. The molecule has 0 atom stereocenters. The van der Waals surface area contributed by atoms with Crippen molar-refractivity contribution in [3.63, 3.8) is 0 Å². The highest BCUT2D eigenvalue weighted by atomic mass is 35.5. The number of hydrogen-bond donors (Lipinski definition) is 1. The Balaban J connectivity index is 2.93. The highest BCUT2D eigenvalue weighted by molar-refractivity contribution is 6.32. The predicted octanol–water partition coefficient (Wildman–Crippen LogP) is 3.07. The molecule has 68 valence electrons. The summed E-state index contributed by atoms with van der Waals surface area (Å²) in [6.45, 7) is 0. The van der Waals surface area contributed by atoms with Gasteiger partial charge in [-0.15, -0.1) is 0 Å². The van der Waals surface area contributed by atoms with E-state index in [1.54, 1.807) is 24.3 Å². The summed E-state index contributed by atoms with van der Waals surface area (Å²) in [6.07, 6.45) is 0. The molecule has 2 aromatic rings. The van der Waals surface area contributed by atoms with Crippen LogP contribution in [0.25, 0.3) is 10.8 Å². The zero-order valence-corrected chi connectivity index (χ0v) is 7.92. The predicted molar refractivity (Wildman–Crippen MR) is 55.3 cm³/mol. The summed E-state index contributed by atoms with van der Waals surface area (Å²) in [5, 5.41) is 20.2. The Bertz CT molecular complexity index is 537. The molecule has 14 heavy (non-hydrogen) atoms. The van der Waals surface area contributed by atoms with Gasteiger partial charge in [0.15, 0.2) is 0 Å². The highest BCUT2D eigenvalue weighted by Crippen LogP contribution is 2.27. The maximum Gasteiger partial charge on any atom is 0.116 e. The fourth-order valence-corrected chi connectivity index (χ4v) is 1.60. The third kappa shape index (κ3) is 1.28.